The fourth-order valence-electron chi connectivity index (χ4n) is 4.90. The molecule has 0 heterocycles. The summed E-state index contributed by atoms with van der Waals surface area (Å²) in [5.41, 5.74) is 24.7. The number of hydrogen-bond acceptors (Lipinski definition) is 3. The van der Waals surface area contributed by atoms with E-state index in [1.54, 1.807) is 0 Å². The molecule has 0 amide bonds. The van der Waals surface area contributed by atoms with Crippen molar-refractivity contribution in [1.29, 1.82) is 0 Å². The first kappa shape index (κ1) is 26.4. The van der Waals surface area contributed by atoms with E-state index in [1.807, 2.05) is 48.2 Å². The van der Waals surface area contributed by atoms with E-state index in [0.29, 0.717) is 0 Å². The predicted molar refractivity (Wildman–Crippen MR) is 171 cm³/mol. The molecule has 3 heteroatoms. The van der Waals surface area contributed by atoms with Crippen molar-refractivity contribution in [2.75, 3.05) is 17.2 Å². The molecule has 0 bridgehead atoms. The first-order chi connectivity index (χ1) is 19.0. The molecule has 0 spiro atoms. The van der Waals surface area contributed by atoms with Gasteiger partial charge in [-0.3, -0.25) is 0 Å². The van der Waals surface area contributed by atoms with Crippen LogP contribution in [0.3, 0.4) is 0 Å². The Morgan fingerprint density at radius 3 is 1.56 bits per heavy atom. The molecule has 194 valence electrons. The van der Waals surface area contributed by atoms with E-state index in [2.05, 4.69) is 98.8 Å². The Balaban J connectivity index is 1.54. The predicted octanol–water partition coefficient (Wildman–Crippen LogP) is 9.50. The zero-order chi connectivity index (χ0) is 27.2. The SMILES string of the molecule is CCC(CSc1cccc(C)c1)=C(c1ccc(-c2cccc(N)c2)cc1)c1ccc(-c2cccc(N)c2)cc1. The zero-order valence-corrected chi connectivity index (χ0v) is 23.3. The van der Waals surface area contributed by atoms with Crippen LogP contribution in [0.5, 0.6) is 0 Å². The lowest BCUT2D eigenvalue weighted by Gasteiger charge is -2.17. The van der Waals surface area contributed by atoms with Crippen molar-refractivity contribution in [2.45, 2.75) is 25.2 Å². The molecule has 5 aromatic rings. The van der Waals surface area contributed by atoms with Gasteiger partial charge >= 0.3 is 0 Å². The Bertz CT molecular complexity index is 1510. The number of thioether (sulfide) groups is 1. The van der Waals surface area contributed by atoms with Gasteiger partial charge in [0.25, 0.3) is 0 Å². The molecule has 0 aliphatic carbocycles. The minimum absolute atomic E-state index is 0.777. The van der Waals surface area contributed by atoms with Crippen molar-refractivity contribution < 1.29 is 0 Å². The molecular weight excluding hydrogens is 492 g/mol. The molecule has 0 aliphatic rings. The molecule has 4 N–H and O–H groups in total. The van der Waals surface area contributed by atoms with Gasteiger partial charge in [-0.1, -0.05) is 103 Å². The molecule has 0 fully saturated rings. The topological polar surface area (TPSA) is 52.0 Å². The van der Waals surface area contributed by atoms with Gasteiger partial charge in [-0.2, -0.15) is 0 Å². The number of anilines is 2. The number of nitrogens with two attached hydrogens (primary N) is 2. The van der Waals surface area contributed by atoms with E-state index in [4.69, 9.17) is 11.5 Å². The molecule has 0 radical (unpaired) electrons. The molecule has 0 aliphatic heterocycles. The molecule has 0 unspecified atom stereocenters. The molecule has 39 heavy (non-hydrogen) atoms. The Kier molecular flexibility index (Phi) is 8.19. The van der Waals surface area contributed by atoms with E-state index in [0.717, 1.165) is 45.8 Å². The second-order valence-corrected chi connectivity index (χ2v) is 10.9. The van der Waals surface area contributed by atoms with E-state index in [9.17, 15) is 0 Å². The summed E-state index contributed by atoms with van der Waals surface area (Å²) < 4.78 is 0. The first-order valence-electron chi connectivity index (χ1n) is 13.3. The average Bonchev–Trinajstić information content (AvgIpc) is 2.96. The first-order valence-corrected chi connectivity index (χ1v) is 14.3. The van der Waals surface area contributed by atoms with Crippen LogP contribution in [0.25, 0.3) is 27.8 Å². The third-order valence-corrected chi connectivity index (χ3v) is 8.05. The minimum Gasteiger partial charge on any atom is -0.399 e. The van der Waals surface area contributed by atoms with Gasteiger partial charge in [0.2, 0.25) is 0 Å². The molecule has 0 saturated carbocycles. The molecular formula is C36H34N2S. The highest BCUT2D eigenvalue weighted by molar-refractivity contribution is 7.99. The molecule has 2 nitrogen and oxygen atoms in total. The van der Waals surface area contributed by atoms with Crippen molar-refractivity contribution in [1.82, 2.24) is 0 Å². The number of nitrogen functional groups attached to an aromatic ring is 2. The smallest absolute Gasteiger partial charge is 0.0320 e. The highest BCUT2D eigenvalue weighted by Gasteiger charge is 2.13. The summed E-state index contributed by atoms with van der Waals surface area (Å²) in [6.45, 7) is 4.41. The van der Waals surface area contributed by atoms with Crippen LogP contribution in [0, 0.1) is 6.92 Å². The Morgan fingerprint density at radius 2 is 1.10 bits per heavy atom. The van der Waals surface area contributed by atoms with Crippen molar-refractivity contribution in [3.8, 4) is 22.3 Å². The highest BCUT2D eigenvalue weighted by atomic mass is 32.2. The van der Waals surface area contributed by atoms with Gasteiger partial charge in [-0.25, -0.2) is 0 Å². The number of benzene rings is 5. The van der Waals surface area contributed by atoms with Gasteiger partial charge in [-0.05, 0) is 88.7 Å². The van der Waals surface area contributed by atoms with Gasteiger partial charge in [-0.15, -0.1) is 11.8 Å². The molecule has 0 atom stereocenters. The third kappa shape index (κ3) is 6.45. The van der Waals surface area contributed by atoms with Gasteiger partial charge in [0.15, 0.2) is 0 Å². The minimum atomic E-state index is 0.777. The number of aryl methyl sites for hydroxylation is 1. The van der Waals surface area contributed by atoms with Crippen LogP contribution in [0.15, 0.2) is 132 Å². The maximum Gasteiger partial charge on any atom is 0.0320 e. The molecule has 5 rings (SSSR count). The van der Waals surface area contributed by atoms with E-state index < -0.39 is 0 Å². The summed E-state index contributed by atoms with van der Waals surface area (Å²) >= 11 is 1.90. The monoisotopic (exact) mass is 526 g/mol. The fraction of sp³-hybridized carbons (Fsp3) is 0.111. The lowest BCUT2D eigenvalue weighted by atomic mass is 9.90. The molecule has 0 saturated heterocycles. The molecule has 5 aromatic carbocycles. The number of rotatable bonds is 8. The van der Waals surface area contributed by atoms with Gasteiger partial charge in [0.1, 0.15) is 0 Å². The van der Waals surface area contributed by atoms with E-state index in [-0.39, 0.29) is 0 Å². The lowest BCUT2D eigenvalue weighted by Crippen LogP contribution is -1.98. The van der Waals surface area contributed by atoms with Crippen LogP contribution in [0.4, 0.5) is 11.4 Å². The van der Waals surface area contributed by atoms with Crippen LogP contribution in [-0.4, -0.2) is 5.75 Å². The van der Waals surface area contributed by atoms with Crippen LogP contribution >= 0.6 is 11.8 Å². The summed E-state index contributed by atoms with van der Waals surface area (Å²) in [7, 11) is 0. The third-order valence-electron chi connectivity index (χ3n) is 6.97. The average molecular weight is 527 g/mol. The van der Waals surface area contributed by atoms with Gasteiger partial charge in [0, 0.05) is 22.0 Å². The van der Waals surface area contributed by atoms with Gasteiger partial charge in [0.05, 0.1) is 0 Å². The van der Waals surface area contributed by atoms with Crippen LogP contribution in [-0.2, 0) is 0 Å². The largest absolute Gasteiger partial charge is 0.399 e. The van der Waals surface area contributed by atoms with E-state index in [1.165, 1.54) is 32.7 Å². The lowest BCUT2D eigenvalue weighted by molar-refractivity contribution is 1.11. The summed E-state index contributed by atoms with van der Waals surface area (Å²) in [4.78, 5) is 1.30. The van der Waals surface area contributed by atoms with Crippen LogP contribution < -0.4 is 11.5 Å². The fourth-order valence-corrected chi connectivity index (χ4v) is 6.03. The summed E-state index contributed by atoms with van der Waals surface area (Å²) in [6.07, 6.45) is 0.974. The van der Waals surface area contributed by atoms with Crippen LogP contribution in [0.1, 0.15) is 30.0 Å². The Hall–Kier alpha value is -4.21. The van der Waals surface area contributed by atoms with Crippen molar-refractivity contribution >= 4 is 28.7 Å². The maximum absolute atomic E-state index is 6.04. The van der Waals surface area contributed by atoms with Crippen molar-refractivity contribution in [2.24, 2.45) is 0 Å². The summed E-state index contributed by atoms with van der Waals surface area (Å²) in [5.74, 6) is 0.934. The summed E-state index contributed by atoms with van der Waals surface area (Å²) in [5, 5.41) is 0. The molecule has 0 aromatic heterocycles. The summed E-state index contributed by atoms with van der Waals surface area (Å²) in [6, 6.07) is 42.6. The van der Waals surface area contributed by atoms with Gasteiger partial charge < -0.3 is 11.5 Å². The quantitative estimate of drug-likeness (QED) is 0.156. The Morgan fingerprint density at radius 1 is 0.590 bits per heavy atom. The van der Waals surface area contributed by atoms with Crippen molar-refractivity contribution in [3.63, 3.8) is 0 Å². The van der Waals surface area contributed by atoms with E-state index >= 15 is 0 Å². The number of hydrogen-bond donors (Lipinski definition) is 2. The maximum atomic E-state index is 6.04. The normalized spacial score (nSPS) is 10.8. The second-order valence-electron chi connectivity index (χ2n) is 9.84. The zero-order valence-electron chi connectivity index (χ0n) is 22.5. The second kappa shape index (κ2) is 12.1. The highest BCUT2D eigenvalue weighted by Crippen LogP contribution is 2.35. The van der Waals surface area contributed by atoms with Crippen LogP contribution in [0.2, 0.25) is 0 Å². The van der Waals surface area contributed by atoms with Crippen molar-refractivity contribution in [3.05, 3.63) is 144 Å². The standard InChI is InChI=1S/C36H34N2S/c1-3-26(24-39-35-12-4-7-25(2)21-35)36(29-17-13-27(14-18-29)31-8-5-10-33(37)22-31)30-19-15-28(16-20-30)32-9-6-11-34(38)23-32/h4-23H,3,24,37-38H2,1-2H3. The Labute approximate surface area is 236 Å².